The Morgan fingerprint density at radius 1 is 0.639 bits per heavy atom. The second kappa shape index (κ2) is 28.6. The number of nitrogens with one attached hydrogen (secondary N) is 2. The zero-order chi connectivity index (χ0) is 43.9. The molecule has 0 bridgehead atoms. The third kappa shape index (κ3) is 18.7. The van der Waals surface area contributed by atoms with Crippen molar-refractivity contribution in [2.45, 2.75) is 79.1 Å². The molecule has 4 aromatic carbocycles. The van der Waals surface area contributed by atoms with Gasteiger partial charge in [0.05, 0.1) is 0 Å². The van der Waals surface area contributed by atoms with Gasteiger partial charge in [-0.2, -0.15) is 12.2 Å². The number of hydrogen-bond acceptors (Lipinski definition) is 4. The molecule has 4 N–H and O–H groups in total. The van der Waals surface area contributed by atoms with E-state index in [1.54, 1.807) is 24.3 Å². The molecule has 61 heavy (non-hydrogen) atoms. The molecule has 11 heteroatoms. The van der Waals surface area contributed by atoms with Gasteiger partial charge in [-0.3, -0.25) is 21.7 Å². The molecule has 2 aliphatic carbocycles. The number of carbonyl (C=O) groups excluding carboxylic acids is 2. The van der Waals surface area contributed by atoms with Gasteiger partial charge in [0, 0.05) is 47.6 Å². The summed E-state index contributed by atoms with van der Waals surface area (Å²) in [6.07, 6.45) is 24.7. The molecule has 6 nitrogen and oxygen atoms in total. The zero-order valence-corrected chi connectivity index (χ0v) is 36.7. The molecule has 4 aromatic rings. The van der Waals surface area contributed by atoms with Crippen molar-refractivity contribution in [3.8, 4) is 0 Å². The van der Waals surface area contributed by atoms with Crippen LogP contribution in [-0.4, -0.2) is 35.2 Å². The monoisotopic (exact) mass is 870 g/mol. The van der Waals surface area contributed by atoms with E-state index in [1.807, 2.05) is 76.3 Å². The molecule has 0 fully saturated rings. The normalized spacial score (nSPS) is 12.8. The van der Waals surface area contributed by atoms with Gasteiger partial charge in [-0.25, -0.2) is 41.9 Å². The van der Waals surface area contributed by atoms with E-state index in [2.05, 4.69) is 34.9 Å². The largest absolute Gasteiger partial charge is 4.00 e. The summed E-state index contributed by atoms with van der Waals surface area (Å²) in [5, 5.41) is 24.0. The van der Waals surface area contributed by atoms with Gasteiger partial charge in [-0.1, -0.05) is 62.1 Å². The molecule has 6 rings (SSSR count). The molecular formula is C50H54F4N2O4Ti. The molecule has 0 saturated carbocycles. The number of rotatable bonds is 14. The van der Waals surface area contributed by atoms with E-state index in [1.165, 1.54) is 12.1 Å². The molecule has 320 valence electrons. The minimum atomic E-state index is -0.943. The molecule has 0 radical (unpaired) electrons. The van der Waals surface area contributed by atoms with Crippen LogP contribution in [0.3, 0.4) is 0 Å². The van der Waals surface area contributed by atoms with Crippen molar-refractivity contribution in [2.75, 3.05) is 23.8 Å². The number of anilines is 2. The fourth-order valence-corrected chi connectivity index (χ4v) is 6.32. The summed E-state index contributed by atoms with van der Waals surface area (Å²) in [7, 11) is 0. The van der Waals surface area contributed by atoms with Gasteiger partial charge >= 0.3 is 21.7 Å². The summed E-state index contributed by atoms with van der Waals surface area (Å²) >= 11 is 0. The summed E-state index contributed by atoms with van der Waals surface area (Å²) < 4.78 is 53.3. The third-order valence-electron chi connectivity index (χ3n) is 9.33. The van der Waals surface area contributed by atoms with Crippen LogP contribution >= 0.6 is 0 Å². The van der Waals surface area contributed by atoms with Gasteiger partial charge in [0.2, 0.25) is 11.8 Å². The average molecular weight is 871 g/mol. The van der Waals surface area contributed by atoms with E-state index < -0.39 is 35.1 Å². The van der Waals surface area contributed by atoms with Gasteiger partial charge < -0.3 is 20.8 Å². The number of allylic oxidation sites excluding steroid dienone is 8. The maximum atomic E-state index is 13.7. The number of aliphatic hydroxyl groups excluding tert-OH is 2. The Bertz CT molecular complexity index is 1950. The quantitative estimate of drug-likeness (QED) is 0.0576. The van der Waals surface area contributed by atoms with Crippen molar-refractivity contribution in [3.63, 3.8) is 0 Å². The van der Waals surface area contributed by atoms with Crippen molar-refractivity contribution < 1.29 is 59.1 Å². The predicted octanol–water partition coefficient (Wildman–Crippen LogP) is 11.2. The van der Waals surface area contributed by atoms with Crippen molar-refractivity contribution in [1.29, 1.82) is 0 Å². The van der Waals surface area contributed by atoms with Gasteiger partial charge in [0.1, 0.15) is 0 Å². The van der Waals surface area contributed by atoms with Crippen molar-refractivity contribution in [2.24, 2.45) is 11.8 Å². The van der Waals surface area contributed by atoms with E-state index >= 15 is 0 Å². The van der Waals surface area contributed by atoms with E-state index in [4.69, 9.17) is 0 Å². The Morgan fingerprint density at radius 3 is 1.31 bits per heavy atom. The Hall–Kier alpha value is -4.87. The van der Waals surface area contributed by atoms with Crippen LogP contribution in [0.25, 0.3) is 0 Å². The second-order valence-corrected chi connectivity index (χ2v) is 14.4. The van der Waals surface area contributed by atoms with Gasteiger partial charge in [0.15, 0.2) is 0 Å². The van der Waals surface area contributed by atoms with E-state index in [0.717, 1.165) is 72.9 Å². The number of benzene rings is 4. The van der Waals surface area contributed by atoms with Crippen LogP contribution < -0.4 is 10.6 Å². The maximum Gasteiger partial charge on any atom is 4.00 e. The van der Waals surface area contributed by atoms with E-state index in [9.17, 15) is 37.4 Å². The van der Waals surface area contributed by atoms with Crippen molar-refractivity contribution in [1.82, 2.24) is 0 Å². The fraction of sp³-hybridized carbons (Fsp3) is 0.320. The first-order valence-corrected chi connectivity index (χ1v) is 20.1. The molecule has 0 spiro atoms. The van der Waals surface area contributed by atoms with Crippen LogP contribution in [0.1, 0.15) is 95.3 Å². The fourth-order valence-electron chi connectivity index (χ4n) is 6.32. The standard InChI is InChI=1S/2C20H22F2NO2.2C5H5.Ti/c2*1-3-4-14(12-24)10-15-9-13(2)5-7-17(15)20(25)23-19-8-6-16(21)11-18(19)22;2*1-2-4-5-3-1;/h2*5-9,14,24H,3-4,10,12H2,1-2H3,(H,23,25);2*1-3H,4H2;/q4*-1;+4. The average Bonchev–Trinajstić information content (AvgIpc) is 4.01. The Morgan fingerprint density at radius 2 is 1.03 bits per heavy atom. The molecular weight excluding hydrogens is 816 g/mol. The SMILES string of the molecule is CCCC(CO)Cc1cc(C)ccc1C(=O)Nc1ccc(F)[c-]c1F.CCCC(CO)Cc1cc(C)ccc1C(=O)Nc1ccc(F)[c-]c1F.[C-]1=CC=CC1.[C-]1=CC=CC1.[Ti+4]. The Balaban J connectivity index is 0.000000335. The Kier molecular flexibility index (Phi) is 24.5. The maximum absolute atomic E-state index is 13.7. The van der Waals surface area contributed by atoms with E-state index in [-0.39, 0.29) is 58.1 Å². The summed E-state index contributed by atoms with van der Waals surface area (Å²) in [6, 6.07) is 19.0. The molecule has 2 aliphatic rings. The summed E-state index contributed by atoms with van der Waals surface area (Å²) in [5.74, 6) is -4.34. The van der Waals surface area contributed by atoms with Gasteiger partial charge in [0.25, 0.3) is 0 Å². The predicted molar refractivity (Wildman–Crippen MR) is 230 cm³/mol. The number of hydrogen-bond donors (Lipinski definition) is 4. The molecule has 2 atom stereocenters. The van der Waals surface area contributed by atoms with Crippen LogP contribution in [0.4, 0.5) is 28.9 Å². The first-order chi connectivity index (χ1) is 28.9. The molecule has 0 aliphatic heterocycles. The van der Waals surface area contributed by atoms with Crippen molar-refractivity contribution in [3.05, 3.63) is 178 Å². The molecule has 0 aromatic heterocycles. The smallest absolute Gasteiger partial charge is 0.396 e. The summed E-state index contributed by atoms with van der Waals surface area (Å²) in [4.78, 5) is 25.1. The minimum absolute atomic E-state index is 0. The van der Waals surface area contributed by atoms with E-state index in [0.29, 0.717) is 24.0 Å². The molecule has 2 unspecified atom stereocenters. The van der Waals surface area contributed by atoms with Crippen LogP contribution in [0.2, 0.25) is 0 Å². The third-order valence-corrected chi connectivity index (χ3v) is 9.33. The van der Waals surface area contributed by atoms with Crippen LogP contribution in [0.5, 0.6) is 0 Å². The molecule has 2 amide bonds. The van der Waals surface area contributed by atoms with Crippen LogP contribution in [-0.2, 0) is 34.6 Å². The number of carbonyl (C=O) groups is 2. The number of aryl methyl sites for hydroxylation is 2. The zero-order valence-electron chi connectivity index (χ0n) is 35.2. The number of amides is 2. The summed E-state index contributed by atoms with van der Waals surface area (Å²) in [5.41, 5.74) is 4.21. The minimum Gasteiger partial charge on any atom is -0.396 e. The first-order valence-electron chi connectivity index (χ1n) is 20.1. The molecule has 0 heterocycles. The molecule has 0 saturated heterocycles. The first kappa shape index (κ1) is 52.3. The van der Waals surface area contributed by atoms with Crippen LogP contribution in [0, 0.1) is 73.2 Å². The topological polar surface area (TPSA) is 98.7 Å². The van der Waals surface area contributed by atoms with Gasteiger partial charge in [-0.15, -0.1) is 49.2 Å². The number of halogens is 4. The van der Waals surface area contributed by atoms with Crippen molar-refractivity contribution >= 4 is 23.2 Å². The second-order valence-electron chi connectivity index (χ2n) is 14.4. The number of aliphatic hydroxyl groups is 2. The van der Waals surface area contributed by atoms with Gasteiger partial charge in [-0.05, 0) is 86.0 Å². The van der Waals surface area contributed by atoms with Crippen LogP contribution in [0.15, 0.2) is 97.1 Å². The Labute approximate surface area is 373 Å². The summed E-state index contributed by atoms with van der Waals surface area (Å²) in [6.45, 7) is 8.02.